The lowest BCUT2D eigenvalue weighted by Gasteiger charge is -2.32. The van der Waals surface area contributed by atoms with Crippen LogP contribution >= 0.6 is 0 Å². The first kappa shape index (κ1) is 26.3. The molecule has 0 saturated carbocycles. The zero-order valence-electron chi connectivity index (χ0n) is 21.4. The van der Waals surface area contributed by atoms with Crippen LogP contribution in [-0.2, 0) is 24.3 Å². The summed E-state index contributed by atoms with van der Waals surface area (Å²) in [6, 6.07) is -0.0239. The van der Waals surface area contributed by atoms with Crippen molar-refractivity contribution in [3.63, 3.8) is 0 Å². The molecule has 0 aromatic carbocycles. The van der Waals surface area contributed by atoms with Gasteiger partial charge in [0.25, 0.3) is 0 Å². The Morgan fingerprint density at radius 2 is 1.79 bits per heavy atom. The van der Waals surface area contributed by atoms with Crippen molar-refractivity contribution in [1.29, 1.82) is 0 Å². The predicted octanol–water partition coefficient (Wildman–Crippen LogP) is 1.97. The molecule has 196 valence electrons. The van der Waals surface area contributed by atoms with E-state index in [0.717, 1.165) is 70.6 Å². The molecule has 34 heavy (non-hydrogen) atoms. The number of fused-ring (bicyclic) bond motifs is 2. The molecule has 4 aliphatic rings. The molecular weight excluding hydrogens is 456 g/mol. The Morgan fingerprint density at radius 1 is 1.09 bits per heavy atom. The Balaban J connectivity index is 1.19. The first-order valence-electron chi connectivity index (χ1n) is 13.0. The van der Waals surface area contributed by atoms with Gasteiger partial charge in [-0.2, -0.15) is 0 Å². The van der Waals surface area contributed by atoms with Gasteiger partial charge in [0.2, 0.25) is 10.0 Å². The minimum Gasteiger partial charge on any atom is -0.396 e. The second kappa shape index (κ2) is 10.7. The van der Waals surface area contributed by atoms with Gasteiger partial charge in [0.15, 0.2) is 0 Å². The van der Waals surface area contributed by atoms with Crippen molar-refractivity contribution in [3.05, 3.63) is 0 Å². The SMILES string of the molecule is CC(C)OCC12CCCN1C/C(=N\OCCC(C)OCC13CCCN1CC(NS(C)(=O)=O)C3)C2. The van der Waals surface area contributed by atoms with Crippen LogP contribution in [0.4, 0.5) is 0 Å². The van der Waals surface area contributed by atoms with E-state index in [0.29, 0.717) is 13.2 Å². The molecular formula is C24H44N4O5S. The van der Waals surface area contributed by atoms with Gasteiger partial charge in [-0.1, -0.05) is 5.16 Å². The molecule has 0 aliphatic carbocycles. The topological polar surface area (TPSA) is 92.7 Å². The molecule has 0 bridgehead atoms. The number of nitrogens with one attached hydrogen (secondary N) is 1. The first-order valence-corrected chi connectivity index (χ1v) is 14.9. The highest BCUT2D eigenvalue weighted by Gasteiger charge is 2.49. The number of ether oxygens (including phenoxy) is 2. The first-order chi connectivity index (χ1) is 16.1. The largest absolute Gasteiger partial charge is 0.396 e. The van der Waals surface area contributed by atoms with Gasteiger partial charge in [-0.15, -0.1) is 0 Å². The van der Waals surface area contributed by atoms with E-state index >= 15 is 0 Å². The zero-order chi connectivity index (χ0) is 24.4. The Labute approximate surface area is 205 Å². The number of oxime groups is 1. The van der Waals surface area contributed by atoms with E-state index in [4.69, 9.17) is 14.3 Å². The summed E-state index contributed by atoms with van der Waals surface area (Å²) in [5.41, 5.74) is 1.19. The van der Waals surface area contributed by atoms with Crippen LogP contribution in [0.3, 0.4) is 0 Å². The standard InChI is InChI=1S/C24H44N4O5S/c1-19(2)31-17-23-8-5-10-27(23)15-21(13-23)25-33-12-7-20(3)32-18-24-9-6-11-28(24)16-22(14-24)26-34(4,29)30/h19-20,22,26H,5-18H2,1-4H3/b25-21-. The van der Waals surface area contributed by atoms with Crippen LogP contribution < -0.4 is 4.72 Å². The molecule has 1 N–H and O–H groups in total. The van der Waals surface area contributed by atoms with Gasteiger partial charge in [0, 0.05) is 37.5 Å². The molecule has 4 saturated heterocycles. The molecule has 0 amide bonds. The molecule has 10 heteroatoms. The van der Waals surface area contributed by atoms with Gasteiger partial charge in [0.1, 0.15) is 6.61 Å². The third-order valence-corrected chi connectivity index (χ3v) is 8.73. The summed E-state index contributed by atoms with van der Waals surface area (Å²) in [6.07, 6.45) is 8.69. The lowest BCUT2D eigenvalue weighted by atomic mass is 9.94. The van der Waals surface area contributed by atoms with Crippen LogP contribution in [0.2, 0.25) is 0 Å². The van der Waals surface area contributed by atoms with Crippen LogP contribution in [0.25, 0.3) is 0 Å². The Morgan fingerprint density at radius 3 is 2.53 bits per heavy atom. The maximum atomic E-state index is 11.7. The molecule has 0 spiro atoms. The fraction of sp³-hybridized carbons (Fsp3) is 0.958. The number of hydrogen-bond donors (Lipinski definition) is 1. The summed E-state index contributed by atoms with van der Waals surface area (Å²) in [4.78, 5) is 10.6. The van der Waals surface area contributed by atoms with Gasteiger partial charge in [-0.05, 0) is 66.0 Å². The maximum Gasteiger partial charge on any atom is 0.208 e. The Hall–Kier alpha value is -0.780. The summed E-state index contributed by atoms with van der Waals surface area (Å²) in [7, 11) is -3.19. The van der Waals surface area contributed by atoms with Gasteiger partial charge < -0.3 is 14.3 Å². The van der Waals surface area contributed by atoms with E-state index < -0.39 is 10.0 Å². The van der Waals surface area contributed by atoms with Gasteiger partial charge in [-0.25, -0.2) is 13.1 Å². The van der Waals surface area contributed by atoms with Crippen molar-refractivity contribution in [3.8, 4) is 0 Å². The normalized spacial score (nSPS) is 34.3. The van der Waals surface area contributed by atoms with Crippen molar-refractivity contribution in [1.82, 2.24) is 14.5 Å². The van der Waals surface area contributed by atoms with Crippen molar-refractivity contribution >= 4 is 15.7 Å². The third-order valence-electron chi connectivity index (χ3n) is 7.97. The molecule has 4 rings (SSSR count). The summed E-state index contributed by atoms with van der Waals surface area (Å²) >= 11 is 0. The van der Waals surface area contributed by atoms with E-state index in [9.17, 15) is 8.42 Å². The molecule has 4 unspecified atom stereocenters. The van der Waals surface area contributed by atoms with Crippen molar-refractivity contribution in [2.75, 3.05) is 52.3 Å². The van der Waals surface area contributed by atoms with Crippen LogP contribution in [0, 0.1) is 0 Å². The zero-order valence-corrected chi connectivity index (χ0v) is 22.2. The molecule has 0 aromatic heterocycles. The van der Waals surface area contributed by atoms with Crippen molar-refractivity contribution in [2.24, 2.45) is 5.16 Å². The van der Waals surface area contributed by atoms with Crippen LogP contribution in [0.1, 0.15) is 65.7 Å². The number of hydrogen-bond acceptors (Lipinski definition) is 8. The van der Waals surface area contributed by atoms with Gasteiger partial charge in [-0.3, -0.25) is 9.80 Å². The minimum absolute atomic E-state index is 0.0239. The fourth-order valence-corrected chi connectivity index (χ4v) is 7.10. The third kappa shape index (κ3) is 6.31. The monoisotopic (exact) mass is 500 g/mol. The van der Waals surface area contributed by atoms with E-state index in [1.807, 2.05) is 0 Å². The molecule has 0 aromatic rings. The molecule has 4 fully saturated rings. The summed E-state index contributed by atoms with van der Waals surface area (Å²) in [5.74, 6) is 0. The average molecular weight is 501 g/mol. The highest BCUT2D eigenvalue weighted by atomic mass is 32.2. The fourth-order valence-electron chi connectivity index (χ4n) is 6.33. The molecule has 4 aliphatic heterocycles. The second-order valence-corrected chi connectivity index (χ2v) is 13.0. The van der Waals surface area contributed by atoms with E-state index in [-0.39, 0.29) is 29.3 Å². The summed E-state index contributed by atoms with van der Waals surface area (Å²) in [5, 5.41) is 4.47. The highest BCUT2D eigenvalue weighted by Crippen LogP contribution is 2.40. The lowest BCUT2D eigenvalue weighted by molar-refractivity contribution is -0.0189. The van der Waals surface area contributed by atoms with E-state index in [1.165, 1.54) is 19.1 Å². The molecule has 0 radical (unpaired) electrons. The van der Waals surface area contributed by atoms with Crippen LogP contribution in [0.5, 0.6) is 0 Å². The van der Waals surface area contributed by atoms with Crippen molar-refractivity contribution in [2.45, 2.75) is 95.0 Å². The summed E-state index contributed by atoms with van der Waals surface area (Å²) < 4.78 is 38.3. The Kier molecular flexibility index (Phi) is 8.26. The summed E-state index contributed by atoms with van der Waals surface area (Å²) in [6.45, 7) is 12.0. The van der Waals surface area contributed by atoms with Gasteiger partial charge >= 0.3 is 0 Å². The molecule has 4 atom stereocenters. The van der Waals surface area contributed by atoms with Crippen LogP contribution in [0.15, 0.2) is 5.16 Å². The maximum absolute atomic E-state index is 11.7. The van der Waals surface area contributed by atoms with Crippen LogP contribution in [-0.4, -0.2) is 106 Å². The quantitative estimate of drug-likeness (QED) is 0.324. The second-order valence-electron chi connectivity index (χ2n) is 11.3. The van der Waals surface area contributed by atoms with E-state index in [2.05, 4.69) is 40.4 Å². The highest BCUT2D eigenvalue weighted by molar-refractivity contribution is 7.88. The number of nitrogens with zero attached hydrogens (tertiary/aromatic N) is 3. The average Bonchev–Trinajstić information content (AvgIpc) is 3.45. The number of sulfonamides is 1. The van der Waals surface area contributed by atoms with Crippen molar-refractivity contribution < 1.29 is 22.7 Å². The lowest BCUT2D eigenvalue weighted by Crippen LogP contribution is -2.43. The number of rotatable bonds is 12. The minimum atomic E-state index is -3.19. The Bertz CT molecular complexity index is 837. The van der Waals surface area contributed by atoms with E-state index in [1.54, 1.807) is 0 Å². The molecule has 9 nitrogen and oxygen atoms in total. The predicted molar refractivity (Wildman–Crippen MR) is 133 cm³/mol. The van der Waals surface area contributed by atoms with Gasteiger partial charge in [0.05, 0.1) is 42.9 Å². The smallest absolute Gasteiger partial charge is 0.208 e. The molecule has 4 heterocycles.